The van der Waals surface area contributed by atoms with Crippen LogP contribution < -0.4 is 11.1 Å². The highest BCUT2D eigenvalue weighted by Crippen LogP contribution is 2.16. The summed E-state index contributed by atoms with van der Waals surface area (Å²) in [6.45, 7) is 9.22. The predicted molar refractivity (Wildman–Crippen MR) is 92.5 cm³/mol. The van der Waals surface area contributed by atoms with Crippen LogP contribution in [0.1, 0.15) is 33.3 Å². The molecule has 4 nitrogen and oxygen atoms in total. The van der Waals surface area contributed by atoms with Crippen LogP contribution in [0.2, 0.25) is 0 Å². The van der Waals surface area contributed by atoms with Gasteiger partial charge >= 0.3 is 0 Å². The zero-order valence-electron chi connectivity index (χ0n) is 13.4. The zero-order valence-corrected chi connectivity index (χ0v) is 14.3. The van der Waals surface area contributed by atoms with Crippen LogP contribution in [-0.2, 0) is 4.79 Å². The summed E-state index contributed by atoms with van der Waals surface area (Å²) < 4.78 is 0. The molecule has 0 heterocycles. The van der Waals surface area contributed by atoms with E-state index in [1.165, 1.54) is 0 Å². The molecule has 0 aliphatic rings. The summed E-state index contributed by atoms with van der Waals surface area (Å²) in [5, 5.41) is 2.91. The minimum atomic E-state index is -0.195. The Bertz CT molecular complexity index is 505. The summed E-state index contributed by atoms with van der Waals surface area (Å²) in [7, 11) is 1.96. The van der Waals surface area contributed by atoms with E-state index in [1.54, 1.807) is 0 Å². The van der Waals surface area contributed by atoms with Crippen LogP contribution in [0.5, 0.6) is 0 Å². The Balaban J connectivity index is 2.65. The molecule has 0 aliphatic heterocycles. The van der Waals surface area contributed by atoms with Crippen LogP contribution in [0, 0.1) is 5.41 Å². The van der Waals surface area contributed by atoms with E-state index in [2.05, 4.69) is 31.0 Å². The van der Waals surface area contributed by atoms with Gasteiger partial charge in [-0.15, -0.1) is 0 Å². The number of nitrogens with zero attached hydrogens (tertiary/aromatic N) is 1. The topological polar surface area (TPSA) is 58.4 Å². The van der Waals surface area contributed by atoms with Gasteiger partial charge in [0.05, 0.1) is 6.04 Å². The Kier molecular flexibility index (Phi) is 5.87. The van der Waals surface area contributed by atoms with Crippen LogP contribution in [0.25, 0.3) is 0 Å². The van der Waals surface area contributed by atoms with Crippen LogP contribution in [0.3, 0.4) is 0 Å². The van der Waals surface area contributed by atoms with E-state index in [4.69, 9.17) is 18.0 Å². The fourth-order valence-electron chi connectivity index (χ4n) is 2.05. The average Bonchev–Trinajstić information content (AvgIpc) is 2.36. The number of benzene rings is 1. The molecule has 1 aromatic rings. The van der Waals surface area contributed by atoms with Crippen LogP contribution >= 0.6 is 12.2 Å². The number of hydrogen-bond donors (Lipinski definition) is 2. The first-order chi connectivity index (χ1) is 9.60. The first-order valence-electron chi connectivity index (χ1n) is 7.01. The Morgan fingerprint density at radius 3 is 2.29 bits per heavy atom. The molecule has 0 aromatic heterocycles. The highest BCUT2D eigenvalue weighted by atomic mass is 32.1. The van der Waals surface area contributed by atoms with E-state index in [0.29, 0.717) is 4.99 Å². The van der Waals surface area contributed by atoms with Gasteiger partial charge in [0.2, 0.25) is 5.91 Å². The molecular weight excluding hydrogens is 282 g/mol. The lowest BCUT2D eigenvalue weighted by atomic mass is 9.95. The standard InChI is InChI=1S/C16H25N3OS/c1-11(19(5)10-16(2,3)4)15(20)18-13-8-6-12(7-9-13)14(17)21/h6-9,11H,10H2,1-5H3,(H2,17,21)(H,18,20). The van der Waals surface area contributed by atoms with E-state index in [-0.39, 0.29) is 17.4 Å². The quantitative estimate of drug-likeness (QED) is 0.821. The summed E-state index contributed by atoms with van der Waals surface area (Å²) in [6, 6.07) is 7.04. The maximum absolute atomic E-state index is 12.3. The highest BCUT2D eigenvalue weighted by Gasteiger charge is 2.22. The molecule has 0 radical (unpaired) electrons. The molecule has 1 unspecified atom stereocenters. The van der Waals surface area contributed by atoms with Gasteiger partial charge in [-0.25, -0.2) is 0 Å². The van der Waals surface area contributed by atoms with Gasteiger partial charge in [0.25, 0.3) is 0 Å². The fourth-order valence-corrected chi connectivity index (χ4v) is 2.19. The molecule has 116 valence electrons. The molecular formula is C16H25N3OS. The number of amides is 1. The fraction of sp³-hybridized carbons (Fsp3) is 0.500. The van der Waals surface area contributed by atoms with Crippen LogP contribution in [0.15, 0.2) is 24.3 Å². The third-order valence-corrected chi connectivity index (χ3v) is 3.44. The number of hydrogen-bond acceptors (Lipinski definition) is 3. The smallest absolute Gasteiger partial charge is 0.241 e. The molecule has 1 aromatic carbocycles. The van der Waals surface area contributed by atoms with Gasteiger partial charge < -0.3 is 11.1 Å². The van der Waals surface area contributed by atoms with E-state index < -0.39 is 0 Å². The predicted octanol–water partition coefficient (Wildman–Crippen LogP) is 2.63. The number of carbonyl (C=O) groups is 1. The Labute approximate surface area is 132 Å². The summed E-state index contributed by atoms with van der Waals surface area (Å²) in [5.74, 6) is -0.0233. The zero-order chi connectivity index (χ0) is 16.2. The number of thiocarbonyl (C=S) groups is 1. The first-order valence-corrected chi connectivity index (χ1v) is 7.42. The lowest BCUT2D eigenvalue weighted by molar-refractivity contribution is -0.120. The van der Waals surface area contributed by atoms with Gasteiger partial charge in [-0.2, -0.15) is 0 Å². The number of nitrogens with two attached hydrogens (primary N) is 1. The summed E-state index contributed by atoms with van der Waals surface area (Å²) in [6.07, 6.45) is 0. The van der Waals surface area contributed by atoms with Crippen molar-refractivity contribution in [1.82, 2.24) is 4.90 Å². The van der Waals surface area contributed by atoms with Crippen molar-refractivity contribution >= 4 is 28.8 Å². The second kappa shape index (κ2) is 7.00. The minimum Gasteiger partial charge on any atom is -0.389 e. The average molecular weight is 307 g/mol. The lowest BCUT2D eigenvalue weighted by Gasteiger charge is -2.30. The maximum atomic E-state index is 12.3. The molecule has 21 heavy (non-hydrogen) atoms. The molecule has 0 fully saturated rings. The van der Waals surface area contributed by atoms with Crippen molar-refractivity contribution in [2.75, 3.05) is 18.9 Å². The Morgan fingerprint density at radius 2 is 1.86 bits per heavy atom. The van der Waals surface area contributed by atoms with Crippen molar-refractivity contribution in [2.45, 2.75) is 33.7 Å². The van der Waals surface area contributed by atoms with Gasteiger partial charge in [0.15, 0.2) is 0 Å². The SMILES string of the molecule is CC(C(=O)Nc1ccc(C(N)=S)cc1)N(C)CC(C)(C)C. The summed E-state index contributed by atoms with van der Waals surface area (Å²) >= 11 is 4.90. The van der Waals surface area contributed by atoms with E-state index >= 15 is 0 Å². The second-order valence-corrected chi connectivity index (χ2v) is 7.02. The molecule has 0 bridgehead atoms. The molecule has 0 saturated carbocycles. The molecule has 0 aliphatic carbocycles. The van der Waals surface area contributed by atoms with E-state index in [9.17, 15) is 4.79 Å². The molecule has 5 heteroatoms. The Hall–Kier alpha value is -1.46. The first kappa shape index (κ1) is 17.6. The monoisotopic (exact) mass is 307 g/mol. The van der Waals surface area contributed by atoms with Gasteiger partial charge in [0.1, 0.15) is 4.99 Å². The lowest BCUT2D eigenvalue weighted by Crippen LogP contribution is -2.43. The summed E-state index contributed by atoms with van der Waals surface area (Å²) in [5.41, 5.74) is 7.24. The van der Waals surface area contributed by atoms with Crippen LogP contribution in [-0.4, -0.2) is 35.4 Å². The molecule has 0 spiro atoms. The molecule has 1 amide bonds. The largest absolute Gasteiger partial charge is 0.389 e. The minimum absolute atomic E-state index is 0.0233. The Morgan fingerprint density at radius 1 is 1.33 bits per heavy atom. The number of carbonyl (C=O) groups excluding carboxylic acids is 1. The molecule has 0 saturated heterocycles. The third kappa shape index (κ3) is 5.81. The van der Waals surface area contributed by atoms with Crippen molar-refractivity contribution < 1.29 is 4.79 Å². The van der Waals surface area contributed by atoms with E-state index in [1.807, 2.05) is 38.2 Å². The van der Waals surface area contributed by atoms with Crippen molar-refractivity contribution in [3.63, 3.8) is 0 Å². The molecule has 1 rings (SSSR count). The highest BCUT2D eigenvalue weighted by molar-refractivity contribution is 7.80. The van der Waals surface area contributed by atoms with Crippen molar-refractivity contribution in [3.8, 4) is 0 Å². The second-order valence-electron chi connectivity index (χ2n) is 6.58. The van der Waals surface area contributed by atoms with Gasteiger partial charge in [0, 0.05) is 17.8 Å². The maximum Gasteiger partial charge on any atom is 0.241 e. The molecule has 3 N–H and O–H groups in total. The van der Waals surface area contributed by atoms with Gasteiger partial charge in [-0.1, -0.05) is 33.0 Å². The summed E-state index contributed by atoms with van der Waals surface area (Å²) in [4.78, 5) is 14.7. The van der Waals surface area contributed by atoms with Crippen molar-refractivity contribution in [3.05, 3.63) is 29.8 Å². The van der Waals surface area contributed by atoms with Crippen molar-refractivity contribution in [1.29, 1.82) is 0 Å². The number of rotatable bonds is 5. The van der Waals surface area contributed by atoms with Crippen LogP contribution in [0.4, 0.5) is 5.69 Å². The number of likely N-dealkylation sites (N-methyl/N-ethyl adjacent to an activating group) is 1. The van der Waals surface area contributed by atoms with Crippen molar-refractivity contribution in [2.24, 2.45) is 11.1 Å². The number of anilines is 1. The van der Waals surface area contributed by atoms with E-state index in [0.717, 1.165) is 17.8 Å². The van der Waals surface area contributed by atoms with Gasteiger partial charge in [-0.05, 0) is 43.7 Å². The normalized spacial score (nSPS) is 13.0. The van der Waals surface area contributed by atoms with Gasteiger partial charge in [-0.3, -0.25) is 9.69 Å². The third-order valence-electron chi connectivity index (χ3n) is 3.20. The number of nitrogens with one attached hydrogen (secondary N) is 1. The molecule has 1 atom stereocenters.